The van der Waals surface area contributed by atoms with Gasteiger partial charge < -0.3 is 34.8 Å². The predicted molar refractivity (Wildman–Crippen MR) is 232 cm³/mol. The number of nitrogens with one attached hydrogen (secondary N) is 3. The molecule has 4 atom stereocenters. The fourth-order valence-electron chi connectivity index (χ4n) is 7.90. The summed E-state index contributed by atoms with van der Waals surface area (Å²) in [4.78, 5) is 45.1. The smallest absolute Gasteiger partial charge is 0.407 e. The van der Waals surface area contributed by atoms with Crippen molar-refractivity contribution >= 4 is 26.2 Å². The van der Waals surface area contributed by atoms with Crippen LogP contribution in [0.3, 0.4) is 0 Å². The van der Waals surface area contributed by atoms with Crippen molar-refractivity contribution in [2.75, 3.05) is 33.4 Å². The predicted octanol–water partition coefficient (Wildman–Crippen LogP) is 8.05. The Balaban J connectivity index is 1.69. The van der Waals surface area contributed by atoms with E-state index in [1.165, 1.54) is 0 Å². The molecule has 1 heterocycles. The number of piperidine rings is 1. The molecule has 0 aromatic heterocycles. The third-order valence-electron chi connectivity index (χ3n) is 12.1. The van der Waals surface area contributed by atoms with Crippen LogP contribution in [0.2, 0.25) is 18.1 Å². The summed E-state index contributed by atoms with van der Waals surface area (Å²) in [6.45, 7) is 19.4. The van der Waals surface area contributed by atoms with Gasteiger partial charge in [0.1, 0.15) is 11.6 Å². The van der Waals surface area contributed by atoms with Gasteiger partial charge in [0.15, 0.2) is 8.32 Å². The molecule has 318 valence electrons. The highest BCUT2D eigenvalue weighted by Gasteiger charge is 2.43. The average molecular weight is 807 g/mol. The summed E-state index contributed by atoms with van der Waals surface area (Å²) in [6, 6.07) is 19.4. The second kappa shape index (κ2) is 21.7. The third kappa shape index (κ3) is 15.1. The van der Waals surface area contributed by atoms with Crippen molar-refractivity contribution in [3.8, 4) is 0 Å². The van der Waals surface area contributed by atoms with Crippen molar-refractivity contribution in [2.24, 2.45) is 11.8 Å². The van der Waals surface area contributed by atoms with Gasteiger partial charge in [-0.15, -0.1) is 0 Å². The number of alkyl carbamates (subject to hydrolysis) is 1. The number of rotatable bonds is 18. The number of nitrogens with zero attached hydrogens (tertiary/aromatic N) is 1. The van der Waals surface area contributed by atoms with Gasteiger partial charge in [0.2, 0.25) is 11.8 Å². The van der Waals surface area contributed by atoms with Crippen LogP contribution in [0.4, 0.5) is 4.79 Å². The molecule has 1 saturated heterocycles. The van der Waals surface area contributed by atoms with Gasteiger partial charge in [-0.2, -0.15) is 0 Å². The average Bonchev–Trinajstić information content (AvgIpc) is 3.16. The molecule has 10 nitrogen and oxygen atoms in total. The molecule has 0 radical (unpaired) electrons. The van der Waals surface area contributed by atoms with Gasteiger partial charge in [0, 0.05) is 38.7 Å². The van der Waals surface area contributed by atoms with Crippen LogP contribution >= 0.6 is 0 Å². The number of methoxy groups -OCH3 is 1. The van der Waals surface area contributed by atoms with Gasteiger partial charge in [-0.25, -0.2) is 4.79 Å². The van der Waals surface area contributed by atoms with Gasteiger partial charge in [0.05, 0.1) is 18.8 Å². The Morgan fingerprint density at radius 3 is 1.93 bits per heavy atom. The molecule has 3 N–H and O–H groups in total. The Labute approximate surface area is 345 Å². The first-order valence-corrected chi connectivity index (χ1v) is 24.4. The first kappa shape index (κ1) is 46.4. The van der Waals surface area contributed by atoms with Gasteiger partial charge in [-0.05, 0) is 101 Å². The molecule has 0 bridgehead atoms. The minimum absolute atomic E-state index is 0.0340. The van der Waals surface area contributed by atoms with Gasteiger partial charge in [0.25, 0.3) is 0 Å². The molecular weight excluding hydrogens is 733 g/mol. The van der Waals surface area contributed by atoms with Crippen LogP contribution in [0.25, 0.3) is 0 Å². The van der Waals surface area contributed by atoms with Crippen LogP contribution in [0.5, 0.6) is 0 Å². The molecule has 0 spiro atoms. The van der Waals surface area contributed by atoms with Crippen molar-refractivity contribution in [1.82, 2.24) is 20.9 Å². The lowest BCUT2D eigenvalue weighted by Crippen LogP contribution is -2.57. The number of amides is 3. The normalized spacial score (nSPS) is 18.3. The fourth-order valence-corrected chi connectivity index (χ4v) is 9.27. The lowest BCUT2D eigenvalue weighted by Gasteiger charge is -2.43. The van der Waals surface area contributed by atoms with Crippen LogP contribution in [-0.2, 0) is 36.3 Å². The highest BCUT2D eigenvalue weighted by atomic mass is 28.4. The standard InChI is InChI=1S/C46H74N4O6Si/c1-45(2,3)55-44(53)48-39(32-35-21-15-11-16-22-35)40(56-57(8,9)46(4,5)6)33-37(31-34-19-13-10-14-20-34)42(51)49-41(36-23-17-12-18-24-36)43(52)50-28-25-38(26-29-50)47-27-30-54-7/h10-11,13-16,19-22,36-41,47H,12,17-18,23-33H2,1-9H3,(H,48,53)(H,49,51)/t37-,39-,40+,41-/m0/s1. The van der Waals surface area contributed by atoms with Gasteiger partial charge in [-0.1, -0.05) is 101 Å². The lowest BCUT2D eigenvalue weighted by molar-refractivity contribution is -0.140. The Kier molecular flexibility index (Phi) is 17.6. The molecule has 1 saturated carbocycles. The number of carbonyl (C=O) groups excluding carboxylic acids is 3. The second-order valence-electron chi connectivity index (χ2n) is 18.9. The number of ether oxygens (including phenoxy) is 2. The summed E-state index contributed by atoms with van der Waals surface area (Å²) in [5.41, 5.74) is 1.39. The maximum Gasteiger partial charge on any atom is 0.407 e. The van der Waals surface area contributed by atoms with Crippen molar-refractivity contribution in [3.05, 3.63) is 71.8 Å². The largest absolute Gasteiger partial charge is 0.444 e. The summed E-state index contributed by atoms with van der Waals surface area (Å²) in [5, 5.41) is 10.0. The molecule has 11 heteroatoms. The van der Waals surface area contributed by atoms with E-state index >= 15 is 4.79 Å². The SMILES string of the molecule is COCCNC1CCN(C(=O)[C@@H](NC(=O)[C@@H](Cc2ccccc2)C[C@@H](O[Si](C)(C)C(C)(C)C)[C@H](Cc2ccccc2)NC(=O)OC(C)(C)C)C2CCCCC2)CC1. The zero-order valence-electron chi connectivity index (χ0n) is 36.5. The van der Waals surface area contributed by atoms with E-state index < -0.39 is 44.1 Å². The number of benzene rings is 2. The molecule has 57 heavy (non-hydrogen) atoms. The molecule has 1 aliphatic carbocycles. The van der Waals surface area contributed by atoms with Crippen molar-refractivity contribution in [3.63, 3.8) is 0 Å². The fraction of sp³-hybridized carbons (Fsp3) is 0.674. The molecular formula is C46H74N4O6Si. The number of carbonyl (C=O) groups is 3. The van der Waals surface area contributed by atoms with E-state index in [1.54, 1.807) is 7.11 Å². The second-order valence-corrected chi connectivity index (χ2v) is 23.7. The zero-order valence-corrected chi connectivity index (χ0v) is 37.5. The van der Waals surface area contributed by atoms with Crippen molar-refractivity contribution in [2.45, 2.75) is 154 Å². The summed E-state index contributed by atoms with van der Waals surface area (Å²) < 4.78 is 18.3. The van der Waals surface area contributed by atoms with Crippen LogP contribution in [0.15, 0.2) is 60.7 Å². The molecule has 2 fully saturated rings. The maximum absolute atomic E-state index is 15.0. The van der Waals surface area contributed by atoms with Crippen LogP contribution in [-0.4, -0.2) is 94.3 Å². The summed E-state index contributed by atoms with van der Waals surface area (Å²) >= 11 is 0. The highest BCUT2D eigenvalue weighted by Crippen LogP contribution is 2.39. The summed E-state index contributed by atoms with van der Waals surface area (Å²) in [6.07, 6.45) is 7.14. The Morgan fingerprint density at radius 1 is 0.807 bits per heavy atom. The topological polar surface area (TPSA) is 118 Å². The number of hydrogen-bond donors (Lipinski definition) is 3. The van der Waals surface area contributed by atoms with E-state index in [2.05, 4.69) is 74.1 Å². The van der Waals surface area contributed by atoms with E-state index in [9.17, 15) is 9.59 Å². The van der Waals surface area contributed by atoms with E-state index in [-0.39, 0.29) is 22.8 Å². The molecule has 3 amide bonds. The number of hydrogen-bond acceptors (Lipinski definition) is 7. The third-order valence-corrected chi connectivity index (χ3v) is 16.6. The summed E-state index contributed by atoms with van der Waals surface area (Å²) in [5.74, 6) is -0.551. The van der Waals surface area contributed by atoms with Crippen LogP contribution in [0.1, 0.15) is 104 Å². The number of likely N-dealkylation sites (tertiary alicyclic amines) is 1. The van der Waals surface area contributed by atoms with Gasteiger partial charge >= 0.3 is 6.09 Å². The van der Waals surface area contributed by atoms with E-state index in [4.69, 9.17) is 13.9 Å². The Morgan fingerprint density at radius 2 is 1.39 bits per heavy atom. The van der Waals surface area contributed by atoms with Crippen molar-refractivity contribution in [1.29, 1.82) is 0 Å². The lowest BCUT2D eigenvalue weighted by atomic mass is 9.82. The van der Waals surface area contributed by atoms with Crippen LogP contribution in [0, 0.1) is 11.8 Å². The molecule has 4 rings (SSSR count). The van der Waals surface area contributed by atoms with Crippen LogP contribution < -0.4 is 16.0 Å². The Hall–Kier alpha value is -3.25. The first-order valence-electron chi connectivity index (χ1n) is 21.5. The molecule has 2 aromatic rings. The molecule has 0 unspecified atom stereocenters. The Bertz CT molecular complexity index is 1510. The minimum Gasteiger partial charge on any atom is -0.444 e. The van der Waals surface area contributed by atoms with E-state index in [0.29, 0.717) is 45.0 Å². The molecule has 1 aliphatic heterocycles. The zero-order chi connectivity index (χ0) is 41.6. The molecule has 2 aromatic carbocycles. The van der Waals surface area contributed by atoms with E-state index in [1.807, 2.05) is 62.1 Å². The van der Waals surface area contributed by atoms with Crippen molar-refractivity contribution < 1.29 is 28.3 Å². The summed E-state index contributed by atoms with van der Waals surface area (Å²) in [7, 11) is -0.745. The van der Waals surface area contributed by atoms with E-state index in [0.717, 1.165) is 62.6 Å². The quantitative estimate of drug-likeness (QED) is 0.103. The maximum atomic E-state index is 15.0. The minimum atomic E-state index is -2.45. The molecule has 2 aliphatic rings. The highest BCUT2D eigenvalue weighted by molar-refractivity contribution is 6.74. The first-order chi connectivity index (χ1) is 27.0. The monoisotopic (exact) mass is 807 g/mol. The van der Waals surface area contributed by atoms with Gasteiger partial charge in [-0.3, -0.25) is 9.59 Å².